The van der Waals surface area contributed by atoms with E-state index in [0.717, 1.165) is 0 Å². The van der Waals surface area contributed by atoms with Gasteiger partial charge in [-0.25, -0.2) is 8.78 Å². The van der Waals surface area contributed by atoms with Crippen molar-refractivity contribution in [2.45, 2.75) is 19.8 Å². The smallest absolute Gasteiger partial charge is 0.263 e. The molecule has 0 saturated heterocycles. The topological polar surface area (TPSA) is 17.1 Å². The second-order valence-electron chi connectivity index (χ2n) is 2.70. The predicted octanol–water partition coefficient (Wildman–Crippen LogP) is 3.22. The number of ketones is 1. The van der Waals surface area contributed by atoms with E-state index in [1.165, 1.54) is 24.3 Å². The zero-order chi connectivity index (χ0) is 9.84. The third kappa shape index (κ3) is 2.34. The first-order valence-electron chi connectivity index (χ1n) is 4.06. The molecular weight excluding hydrogens is 174 g/mol. The second-order valence-corrected chi connectivity index (χ2v) is 2.70. The molecule has 0 saturated carbocycles. The van der Waals surface area contributed by atoms with Gasteiger partial charge in [0.05, 0.1) is 0 Å². The normalized spacial score (nSPS) is 10.5. The molecule has 0 aliphatic rings. The van der Waals surface area contributed by atoms with Crippen LogP contribution >= 0.6 is 0 Å². The van der Waals surface area contributed by atoms with E-state index < -0.39 is 6.43 Å². The zero-order valence-electron chi connectivity index (χ0n) is 7.26. The minimum Gasteiger partial charge on any atom is -0.294 e. The average molecular weight is 184 g/mol. The SMILES string of the molecule is CCC(=O)c1ccc(C(F)F)cc1. The largest absolute Gasteiger partial charge is 0.294 e. The highest BCUT2D eigenvalue weighted by molar-refractivity contribution is 5.95. The summed E-state index contributed by atoms with van der Waals surface area (Å²) in [5.41, 5.74) is 0.444. The number of Topliss-reactive ketones (excluding diaryl/α,β-unsaturated/α-hetero) is 1. The van der Waals surface area contributed by atoms with Crippen molar-refractivity contribution >= 4 is 5.78 Å². The molecule has 0 fully saturated rings. The highest BCUT2D eigenvalue weighted by Gasteiger charge is 2.07. The van der Waals surface area contributed by atoms with Crippen molar-refractivity contribution in [3.05, 3.63) is 35.4 Å². The Balaban J connectivity index is 2.87. The van der Waals surface area contributed by atoms with Crippen LogP contribution in [0.5, 0.6) is 0 Å². The number of halogens is 2. The van der Waals surface area contributed by atoms with Crippen LogP contribution in [0.15, 0.2) is 24.3 Å². The van der Waals surface area contributed by atoms with Gasteiger partial charge < -0.3 is 0 Å². The van der Waals surface area contributed by atoms with E-state index in [1.54, 1.807) is 6.92 Å². The van der Waals surface area contributed by atoms with Gasteiger partial charge in [0.15, 0.2) is 5.78 Å². The summed E-state index contributed by atoms with van der Waals surface area (Å²) in [6.45, 7) is 1.74. The Morgan fingerprint density at radius 1 is 1.31 bits per heavy atom. The molecule has 1 aromatic carbocycles. The lowest BCUT2D eigenvalue weighted by molar-refractivity contribution is 0.0987. The molecule has 1 aromatic rings. The predicted molar refractivity (Wildman–Crippen MR) is 46.0 cm³/mol. The molecule has 0 unspecified atom stereocenters. The first kappa shape index (κ1) is 9.84. The van der Waals surface area contributed by atoms with Gasteiger partial charge in [0.25, 0.3) is 6.43 Å². The Morgan fingerprint density at radius 3 is 2.23 bits per heavy atom. The van der Waals surface area contributed by atoms with Gasteiger partial charge in [-0.05, 0) is 0 Å². The van der Waals surface area contributed by atoms with Crippen molar-refractivity contribution in [3.63, 3.8) is 0 Å². The number of benzene rings is 1. The minimum absolute atomic E-state index is 0.0270. The van der Waals surface area contributed by atoms with E-state index in [-0.39, 0.29) is 11.3 Å². The number of rotatable bonds is 3. The molecule has 0 aliphatic carbocycles. The Bertz CT molecular complexity index is 290. The molecule has 0 aromatic heterocycles. The Kier molecular flexibility index (Phi) is 3.12. The van der Waals surface area contributed by atoms with Gasteiger partial charge >= 0.3 is 0 Å². The van der Waals surface area contributed by atoms with Crippen LogP contribution in [0.4, 0.5) is 8.78 Å². The fourth-order valence-electron chi connectivity index (χ4n) is 1.02. The third-order valence-electron chi connectivity index (χ3n) is 1.81. The fraction of sp³-hybridized carbons (Fsp3) is 0.300. The van der Waals surface area contributed by atoms with Crippen LogP contribution < -0.4 is 0 Å². The molecule has 70 valence electrons. The standard InChI is InChI=1S/C10H10F2O/c1-2-9(13)7-3-5-8(6-4-7)10(11)12/h3-6,10H,2H2,1H3. The molecular formula is C10H10F2O. The summed E-state index contributed by atoms with van der Waals surface area (Å²) in [7, 11) is 0. The molecule has 0 spiro atoms. The first-order chi connectivity index (χ1) is 6.15. The van der Waals surface area contributed by atoms with Crippen molar-refractivity contribution in [2.75, 3.05) is 0 Å². The Morgan fingerprint density at radius 2 is 1.85 bits per heavy atom. The van der Waals surface area contributed by atoms with Crippen LogP contribution in [0.2, 0.25) is 0 Å². The zero-order valence-corrected chi connectivity index (χ0v) is 7.26. The minimum atomic E-state index is -2.47. The van der Waals surface area contributed by atoms with E-state index in [1.807, 2.05) is 0 Å². The van der Waals surface area contributed by atoms with Gasteiger partial charge in [-0.1, -0.05) is 31.2 Å². The van der Waals surface area contributed by atoms with E-state index in [4.69, 9.17) is 0 Å². The van der Waals surface area contributed by atoms with Crippen LogP contribution in [0.3, 0.4) is 0 Å². The number of hydrogen-bond donors (Lipinski definition) is 0. The molecule has 1 rings (SSSR count). The maximum Gasteiger partial charge on any atom is 0.263 e. The number of hydrogen-bond acceptors (Lipinski definition) is 1. The van der Waals surface area contributed by atoms with Crippen LogP contribution in [0.25, 0.3) is 0 Å². The highest BCUT2D eigenvalue weighted by atomic mass is 19.3. The quantitative estimate of drug-likeness (QED) is 0.659. The van der Waals surface area contributed by atoms with Crippen LogP contribution in [0.1, 0.15) is 35.7 Å². The fourth-order valence-corrected chi connectivity index (χ4v) is 1.02. The molecule has 0 atom stereocenters. The Hall–Kier alpha value is -1.25. The van der Waals surface area contributed by atoms with E-state index in [9.17, 15) is 13.6 Å². The summed E-state index contributed by atoms with van der Waals surface area (Å²) in [6.07, 6.45) is -2.07. The summed E-state index contributed by atoms with van der Waals surface area (Å²) in [4.78, 5) is 11.1. The highest BCUT2D eigenvalue weighted by Crippen LogP contribution is 2.18. The average Bonchev–Trinajstić information content (AvgIpc) is 2.17. The van der Waals surface area contributed by atoms with Crippen molar-refractivity contribution in [3.8, 4) is 0 Å². The summed E-state index contributed by atoms with van der Waals surface area (Å²) in [5.74, 6) is -0.0270. The molecule has 1 nitrogen and oxygen atoms in total. The summed E-state index contributed by atoms with van der Waals surface area (Å²) < 4.78 is 24.2. The number of carbonyl (C=O) groups is 1. The monoisotopic (exact) mass is 184 g/mol. The number of alkyl halides is 2. The molecule has 0 radical (unpaired) electrons. The molecule has 0 N–H and O–H groups in total. The van der Waals surface area contributed by atoms with Gasteiger partial charge in [-0.15, -0.1) is 0 Å². The lowest BCUT2D eigenvalue weighted by atomic mass is 10.1. The lowest BCUT2D eigenvalue weighted by Gasteiger charge is -2.00. The van der Waals surface area contributed by atoms with Gasteiger partial charge in [-0.3, -0.25) is 4.79 Å². The van der Waals surface area contributed by atoms with E-state index >= 15 is 0 Å². The molecule has 13 heavy (non-hydrogen) atoms. The van der Waals surface area contributed by atoms with Crippen LogP contribution in [-0.2, 0) is 0 Å². The van der Waals surface area contributed by atoms with Crippen LogP contribution in [-0.4, -0.2) is 5.78 Å². The van der Waals surface area contributed by atoms with Gasteiger partial charge in [-0.2, -0.15) is 0 Å². The molecule has 0 heterocycles. The summed E-state index contributed by atoms with van der Waals surface area (Å²) in [6, 6.07) is 5.45. The maximum absolute atomic E-state index is 12.1. The molecule has 0 bridgehead atoms. The van der Waals surface area contributed by atoms with E-state index in [0.29, 0.717) is 12.0 Å². The summed E-state index contributed by atoms with van der Waals surface area (Å²) >= 11 is 0. The maximum atomic E-state index is 12.1. The summed E-state index contributed by atoms with van der Waals surface area (Å²) in [5, 5.41) is 0. The van der Waals surface area contributed by atoms with Crippen molar-refractivity contribution in [2.24, 2.45) is 0 Å². The van der Waals surface area contributed by atoms with Crippen molar-refractivity contribution in [1.82, 2.24) is 0 Å². The molecule has 0 aliphatic heterocycles. The Labute approximate surface area is 75.4 Å². The molecule has 3 heteroatoms. The molecule has 0 amide bonds. The van der Waals surface area contributed by atoms with Crippen molar-refractivity contribution in [1.29, 1.82) is 0 Å². The van der Waals surface area contributed by atoms with Crippen LogP contribution in [0, 0.1) is 0 Å². The van der Waals surface area contributed by atoms with Crippen molar-refractivity contribution < 1.29 is 13.6 Å². The van der Waals surface area contributed by atoms with Gasteiger partial charge in [0.2, 0.25) is 0 Å². The second kappa shape index (κ2) is 4.12. The van der Waals surface area contributed by atoms with E-state index in [2.05, 4.69) is 0 Å². The third-order valence-corrected chi connectivity index (χ3v) is 1.81. The van der Waals surface area contributed by atoms with Gasteiger partial charge in [0.1, 0.15) is 0 Å². The van der Waals surface area contributed by atoms with Gasteiger partial charge in [0, 0.05) is 17.5 Å². The lowest BCUT2D eigenvalue weighted by Crippen LogP contribution is -1.96. The first-order valence-corrected chi connectivity index (χ1v) is 4.06. The number of carbonyl (C=O) groups excluding carboxylic acids is 1.